The maximum absolute atomic E-state index is 13.1. The molecule has 0 aliphatic rings. The number of primary amides is 1. The molecule has 0 radical (unpaired) electrons. The minimum absolute atomic E-state index is 0.0381. The van der Waals surface area contributed by atoms with Gasteiger partial charge in [0.05, 0.1) is 0 Å². The molecule has 0 saturated heterocycles. The van der Waals surface area contributed by atoms with E-state index in [2.05, 4.69) is 0 Å². The Morgan fingerprint density at radius 1 is 1.43 bits per heavy atom. The number of benzene rings is 1. The third kappa shape index (κ3) is 2.50. The maximum Gasteiger partial charge on any atom is 0.219 e. The lowest BCUT2D eigenvalue weighted by Gasteiger charge is -2.10. The zero-order chi connectivity index (χ0) is 10.7. The van der Waals surface area contributed by atoms with Crippen molar-refractivity contribution in [3.05, 3.63) is 35.4 Å². The molecule has 0 saturated carbocycles. The van der Waals surface area contributed by atoms with Gasteiger partial charge in [-0.1, -0.05) is 0 Å². The lowest BCUT2D eigenvalue weighted by Crippen LogP contribution is -2.21. The third-order valence-electron chi connectivity index (χ3n) is 1.78. The molecule has 0 bridgehead atoms. The van der Waals surface area contributed by atoms with Crippen LogP contribution in [0.25, 0.3) is 0 Å². The zero-order valence-corrected chi connectivity index (χ0v) is 7.34. The highest BCUT2D eigenvalue weighted by atomic mass is 19.1. The Morgan fingerprint density at radius 2 is 2.07 bits per heavy atom. The van der Waals surface area contributed by atoms with E-state index < -0.39 is 23.6 Å². The smallest absolute Gasteiger partial charge is 0.219 e. The van der Waals surface area contributed by atoms with Gasteiger partial charge < -0.3 is 11.5 Å². The largest absolute Gasteiger partial charge is 0.370 e. The average Bonchev–Trinajstić information content (AvgIpc) is 2.08. The Kier molecular flexibility index (Phi) is 3.14. The molecule has 76 valence electrons. The summed E-state index contributed by atoms with van der Waals surface area (Å²) in [4.78, 5) is 10.5. The van der Waals surface area contributed by atoms with Crippen molar-refractivity contribution in [1.82, 2.24) is 0 Å². The van der Waals surface area contributed by atoms with Crippen molar-refractivity contribution in [2.75, 3.05) is 0 Å². The highest BCUT2D eigenvalue weighted by Gasteiger charge is 2.14. The number of halogens is 2. The Bertz CT molecular complexity index is 355. The molecule has 1 aromatic rings. The molecule has 0 heterocycles. The Balaban J connectivity index is 2.93. The fraction of sp³-hybridized carbons (Fsp3) is 0.222. The first kappa shape index (κ1) is 10.6. The van der Waals surface area contributed by atoms with Crippen molar-refractivity contribution in [1.29, 1.82) is 0 Å². The molecular formula is C9H10F2N2O. The summed E-state index contributed by atoms with van der Waals surface area (Å²) in [6.07, 6.45) is -0.208. The second-order valence-electron chi connectivity index (χ2n) is 2.94. The van der Waals surface area contributed by atoms with Crippen molar-refractivity contribution in [2.24, 2.45) is 11.5 Å². The van der Waals surface area contributed by atoms with Gasteiger partial charge in [0.15, 0.2) is 0 Å². The number of carbonyl (C=O) groups excluding carboxylic acids is 1. The SMILES string of the molecule is NC(=O)CC(N)c1cc(F)ccc1F. The van der Waals surface area contributed by atoms with E-state index in [1.54, 1.807) is 0 Å². The van der Waals surface area contributed by atoms with E-state index in [4.69, 9.17) is 11.5 Å². The highest BCUT2D eigenvalue weighted by Crippen LogP contribution is 2.18. The second kappa shape index (κ2) is 4.15. The minimum atomic E-state index is -0.900. The molecule has 1 atom stereocenters. The fourth-order valence-corrected chi connectivity index (χ4v) is 1.13. The quantitative estimate of drug-likeness (QED) is 0.759. The molecule has 0 spiro atoms. The van der Waals surface area contributed by atoms with Crippen molar-refractivity contribution >= 4 is 5.91 Å². The summed E-state index contributed by atoms with van der Waals surface area (Å²) in [6.45, 7) is 0. The van der Waals surface area contributed by atoms with Gasteiger partial charge in [0.2, 0.25) is 5.91 Å². The number of hydrogen-bond donors (Lipinski definition) is 2. The molecule has 1 amide bonds. The Labute approximate surface area is 79.7 Å². The predicted octanol–water partition coefficient (Wildman–Crippen LogP) is 0.840. The van der Waals surface area contributed by atoms with Crippen LogP contribution in [0.15, 0.2) is 18.2 Å². The highest BCUT2D eigenvalue weighted by molar-refractivity contribution is 5.74. The summed E-state index contributed by atoms with van der Waals surface area (Å²) in [5, 5.41) is 0. The summed E-state index contributed by atoms with van der Waals surface area (Å²) in [5.74, 6) is -1.89. The molecule has 0 aliphatic carbocycles. The van der Waals surface area contributed by atoms with Crippen LogP contribution in [0.2, 0.25) is 0 Å². The third-order valence-corrected chi connectivity index (χ3v) is 1.78. The molecule has 0 aliphatic heterocycles. The summed E-state index contributed by atoms with van der Waals surface area (Å²) in [6, 6.07) is 2.01. The van der Waals surface area contributed by atoms with Crippen LogP contribution in [0, 0.1) is 11.6 Å². The molecule has 1 unspecified atom stereocenters. The zero-order valence-electron chi connectivity index (χ0n) is 7.34. The molecule has 14 heavy (non-hydrogen) atoms. The lowest BCUT2D eigenvalue weighted by atomic mass is 10.0. The van der Waals surface area contributed by atoms with Crippen LogP contribution < -0.4 is 11.5 Å². The topological polar surface area (TPSA) is 69.1 Å². The van der Waals surface area contributed by atoms with Gasteiger partial charge in [-0.3, -0.25) is 4.79 Å². The van der Waals surface area contributed by atoms with Crippen molar-refractivity contribution < 1.29 is 13.6 Å². The maximum atomic E-state index is 13.1. The number of hydrogen-bond acceptors (Lipinski definition) is 2. The standard InChI is InChI=1S/C9H10F2N2O/c10-5-1-2-7(11)6(3-5)8(12)4-9(13)14/h1-3,8H,4,12H2,(H2,13,14). The van der Waals surface area contributed by atoms with Crippen molar-refractivity contribution in [3.8, 4) is 0 Å². The average molecular weight is 200 g/mol. The molecule has 3 nitrogen and oxygen atoms in total. The van der Waals surface area contributed by atoms with Gasteiger partial charge in [0, 0.05) is 18.0 Å². The van der Waals surface area contributed by atoms with Gasteiger partial charge in [-0.25, -0.2) is 8.78 Å². The second-order valence-corrected chi connectivity index (χ2v) is 2.94. The lowest BCUT2D eigenvalue weighted by molar-refractivity contribution is -0.118. The minimum Gasteiger partial charge on any atom is -0.370 e. The van der Waals surface area contributed by atoms with E-state index in [1.165, 1.54) is 0 Å². The molecular weight excluding hydrogens is 190 g/mol. The molecule has 5 heteroatoms. The van der Waals surface area contributed by atoms with Crippen molar-refractivity contribution in [2.45, 2.75) is 12.5 Å². The van der Waals surface area contributed by atoms with E-state index in [9.17, 15) is 13.6 Å². The van der Waals surface area contributed by atoms with Gasteiger partial charge >= 0.3 is 0 Å². The van der Waals surface area contributed by atoms with Crippen LogP contribution in [0.5, 0.6) is 0 Å². The normalized spacial score (nSPS) is 12.5. The van der Waals surface area contributed by atoms with Gasteiger partial charge in [-0.05, 0) is 18.2 Å². The van der Waals surface area contributed by atoms with Crippen LogP contribution in [0.1, 0.15) is 18.0 Å². The van der Waals surface area contributed by atoms with Crippen molar-refractivity contribution in [3.63, 3.8) is 0 Å². The summed E-state index contributed by atoms with van der Waals surface area (Å²) in [7, 11) is 0. The Hall–Kier alpha value is -1.49. The first-order valence-corrected chi connectivity index (χ1v) is 3.99. The van der Waals surface area contributed by atoms with E-state index in [0.29, 0.717) is 0 Å². The van der Waals surface area contributed by atoms with E-state index >= 15 is 0 Å². The van der Waals surface area contributed by atoms with Gasteiger partial charge in [0.25, 0.3) is 0 Å². The van der Waals surface area contributed by atoms with E-state index in [0.717, 1.165) is 18.2 Å². The van der Waals surface area contributed by atoms with Crippen LogP contribution in [0.4, 0.5) is 8.78 Å². The van der Waals surface area contributed by atoms with E-state index in [1.807, 2.05) is 0 Å². The number of amides is 1. The molecule has 0 aromatic heterocycles. The van der Waals surface area contributed by atoms with Crippen LogP contribution >= 0.6 is 0 Å². The van der Waals surface area contributed by atoms with Crippen LogP contribution in [-0.4, -0.2) is 5.91 Å². The van der Waals surface area contributed by atoms with E-state index in [-0.39, 0.29) is 12.0 Å². The van der Waals surface area contributed by atoms with Gasteiger partial charge in [-0.15, -0.1) is 0 Å². The first-order valence-electron chi connectivity index (χ1n) is 3.99. The molecule has 1 rings (SSSR count). The number of nitrogens with two attached hydrogens (primary N) is 2. The number of carbonyl (C=O) groups is 1. The predicted molar refractivity (Wildman–Crippen MR) is 47.1 cm³/mol. The van der Waals surface area contributed by atoms with Crippen LogP contribution in [0.3, 0.4) is 0 Å². The molecule has 1 aromatic carbocycles. The number of rotatable bonds is 3. The molecule has 0 fully saturated rings. The summed E-state index contributed by atoms with van der Waals surface area (Å²) < 4.78 is 25.8. The van der Waals surface area contributed by atoms with Gasteiger partial charge in [0.1, 0.15) is 11.6 Å². The summed E-state index contributed by atoms with van der Waals surface area (Å²) >= 11 is 0. The molecule has 4 N–H and O–H groups in total. The Morgan fingerprint density at radius 3 is 2.64 bits per heavy atom. The fourth-order valence-electron chi connectivity index (χ4n) is 1.13. The van der Waals surface area contributed by atoms with Gasteiger partial charge in [-0.2, -0.15) is 0 Å². The first-order chi connectivity index (χ1) is 6.50. The van der Waals surface area contributed by atoms with Crippen LogP contribution in [-0.2, 0) is 4.79 Å². The summed E-state index contributed by atoms with van der Waals surface area (Å²) in [5.41, 5.74) is 10.3. The monoisotopic (exact) mass is 200 g/mol.